The third-order valence-corrected chi connectivity index (χ3v) is 5.29. The quantitative estimate of drug-likeness (QED) is 0.504. The van der Waals surface area contributed by atoms with Crippen molar-refractivity contribution in [3.8, 4) is 5.75 Å². The maximum atomic E-state index is 12.6. The van der Waals surface area contributed by atoms with Crippen molar-refractivity contribution in [2.45, 2.75) is 6.42 Å². The number of aromatic amines is 1. The first-order chi connectivity index (χ1) is 14.0. The maximum absolute atomic E-state index is 12.6. The minimum Gasteiger partial charge on any atom is -0.497 e. The monoisotopic (exact) mass is 426 g/mol. The SMILES string of the molecule is COc1ccc(Cc2nc(C(=O)Nc3nc4ccc(Cl)cc4s3)cc(=O)[nH]2)cc1. The minimum absolute atomic E-state index is 0.0227. The average molecular weight is 427 g/mol. The lowest BCUT2D eigenvalue weighted by atomic mass is 10.1. The number of ether oxygens (including phenoxy) is 1. The molecule has 0 aliphatic heterocycles. The summed E-state index contributed by atoms with van der Waals surface area (Å²) in [5.41, 5.74) is 1.28. The summed E-state index contributed by atoms with van der Waals surface area (Å²) in [4.78, 5) is 35.9. The molecule has 0 atom stereocenters. The van der Waals surface area contributed by atoms with Gasteiger partial charge in [-0.05, 0) is 35.9 Å². The van der Waals surface area contributed by atoms with Gasteiger partial charge in [0, 0.05) is 17.5 Å². The van der Waals surface area contributed by atoms with E-state index in [4.69, 9.17) is 16.3 Å². The topological polar surface area (TPSA) is 97.0 Å². The van der Waals surface area contributed by atoms with Crippen molar-refractivity contribution in [2.75, 3.05) is 12.4 Å². The number of carbonyl (C=O) groups excluding carboxylic acids is 1. The van der Waals surface area contributed by atoms with Crippen LogP contribution in [0.3, 0.4) is 0 Å². The summed E-state index contributed by atoms with van der Waals surface area (Å²) in [6.07, 6.45) is 0.375. The maximum Gasteiger partial charge on any atom is 0.276 e. The van der Waals surface area contributed by atoms with Crippen molar-refractivity contribution in [1.82, 2.24) is 15.0 Å². The van der Waals surface area contributed by atoms with Crippen molar-refractivity contribution in [3.05, 3.63) is 81.0 Å². The van der Waals surface area contributed by atoms with Crippen molar-refractivity contribution in [2.24, 2.45) is 0 Å². The number of H-pyrrole nitrogens is 1. The van der Waals surface area contributed by atoms with Crippen LogP contribution in [0.15, 0.2) is 53.3 Å². The van der Waals surface area contributed by atoms with Crippen molar-refractivity contribution in [3.63, 3.8) is 0 Å². The normalized spacial score (nSPS) is 10.8. The second-order valence-electron chi connectivity index (χ2n) is 6.19. The van der Waals surface area contributed by atoms with E-state index in [2.05, 4.69) is 20.3 Å². The number of nitrogens with zero attached hydrogens (tertiary/aromatic N) is 2. The number of methoxy groups -OCH3 is 1. The number of benzene rings is 2. The molecule has 0 radical (unpaired) electrons. The third kappa shape index (κ3) is 4.44. The fourth-order valence-corrected chi connectivity index (χ4v) is 3.89. The Kier molecular flexibility index (Phi) is 5.28. The fraction of sp³-hybridized carbons (Fsp3) is 0.100. The Bertz CT molecular complexity index is 1250. The molecule has 0 saturated heterocycles. The fourth-order valence-electron chi connectivity index (χ4n) is 2.76. The molecular formula is C20H15ClN4O3S. The summed E-state index contributed by atoms with van der Waals surface area (Å²) in [7, 11) is 1.59. The first-order valence-electron chi connectivity index (χ1n) is 8.61. The Morgan fingerprint density at radius 3 is 2.72 bits per heavy atom. The molecule has 0 saturated carbocycles. The van der Waals surface area contributed by atoms with E-state index in [1.165, 1.54) is 11.3 Å². The molecule has 146 valence electrons. The van der Waals surface area contributed by atoms with Gasteiger partial charge in [-0.25, -0.2) is 9.97 Å². The molecule has 2 N–H and O–H groups in total. The van der Waals surface area contributed by atoms with Crippen LogP contribution in [0.25, 0.3) is 10.2 Å². The molecule has 0 bridgehead atoms. The number of amides is 1. The molecule has 29 heavy (non-hydrogen) atoms. The summed E-state index contributed by atoms with van der Waals surface area (Å²) in [5, 5.41) is 3.70. The van der Waals surface area contributed by atoms with Crippen LogP contribution in [0, 0.1) is 0 Å². The molecule has 9 heteroatoms. The van der Waals surface area contributed by atoms with Crippen LogP contribution in [-0.2, 0) is 6.42 Å². The van der Waals surface area contributed by atoms with Crippen molar-refractivity contribution >= 4 is 44.2 Å². The highest BCUT2D eigenvalue weighted by Gasteiger charge is 2.14. The number of fused-ring (bicyclic) bond motifs is 1. The molecule has 7 nitrogen and oxygen atoms in total. The zero-order valence-electron chi connectivity index (χ0n) is 15.2. The Balaban J connectivity index is 1.55. The van der Waals surface area contributed by atoms with Crippen LogP contribution in [0.4, 0.5) is 5.13 Å². The molecule has 0 aliphatic carbocycles. The predicted molar refractivity (Wildman–Crippen MR) is 113 cm³/mol. The van der Waals surface area contributed by atoms with Gasteiger partial charge in [0.2, 0.25) is 0 Å². The zero-order valence-corrected chi connectivity index (χ0v) is 16.8. The highest BCUT2D eigenvalue weighted by atomic mass is 35.5. The lowest BCUT2D eigenvalue weighted by Crippen LogP contribution is -2.20. The Morgan fingerprint density at radius 1 is 1.17 bits per heavy atom. The van der Waals surface area contributed by atoms with Gasteiger partial charge in [-0.3, -0.25) is 14.9 Å². The van der Waals surface area contributed by atoms with Gasteiger partial charge in [0.15, 0.2) is 5.13 Å². The largest absolute Gasteiger partial charge is 0.497 e. The second-order valence-corrected chi connectivity index (χ2v) is 7.65. The molecular weight excluding hydrogens is 412 g/mol. The second kappa shape index (κ2) is 8.02. The summed E-state index contributed by atoms with van der Waals surface area (Å²) in [5.74, 6) is 0.626. The Labute approximate surface area is 174 Å². The number of anilines is 1. The van der Waals surface area contributed by atoms with Crippen LogP contribution in [0.5, 0.6) is 5.75 Å². The number of halogens is 1. The lowest BCUT2D eigenvalue weighted by Gasteiger charge is -2.05. The Morgan fingerprint density at radius 2 is 1.97 bits per heavy atom. The molecule has 0 aliphatic rings. The number of hydrogen-bond donors (Lipinski definition) is 2. The summed E-state index contributed by atoms with van der Waals surface area (Å²) >= 11 is 7.28. The van der Waals surface area contributed by atoms with E-state index >= 15 is 0 Å². The number of aromatic nitrogens is 3. The molecule has 2 aromatic heterocycles. The highest BCUT2D eigenvalue weighted by Crippen LogP contribution is 2.28. The number of carbonyl (C=O) groups is 1. The van der Waals surface area contributed by atoms with Crippen LogP contribution >= 0.6 is 22.9 Å². The van der Waals surface area contributed by atoms with E-state index in [0.717, 1.165) is 27.6 Å². The number of nitrogens with one attached hydrogen (secondary N) is 2. The molecule has 1 amide bonds. The third-order valence-electron chi connectivity index (χ3n) is 4.12. The first kappa shape index (κ1) is 19.1. The molecule has 4 rings (SSSR count). The van der Waals surface area contributed by atoms with Crippen LogP contribution in [0.2, 0.25) is 5.02 Å². The summed E-state index contributed by atoms with van der Waals surface area (Å²) in [6.45, 7) is 0. The van der Waals surface area contributed by atoms with Gasteiger partial charge in [0.25, 0.3) is 11.5 Å². The van der Waals surface area contributed by atoms with Gasteiger partial charge < -0.3 is 9.72 Å². The van der Waals surface area contributed by atoms with E-state index in [1.807, 2.05) is 24.3 Å². The average Bonchev–Trinajstić information content (AvgIpc) is 3.09. The van der Waals surface area contributed by atoms with Gasteiger partial charge in [-0.1, -0.05) is 35.1 Å². The summed E-state index contributed by atoms with van der Waals surface area (Å²) < 4.78 is 5.99. The van der Waals surface area contributed by atoms with Crippen LogP contribution in [-0.4, -0.2) is 28.0 Å². The smallest absolute Gasteiger partial charge is 0.276 e. The molecule has 0 unspecified atom stereocenters. The molecule has 2 heterocycles. The molecule has 0 fully saturated rings. The lowest BCUT2D eigenvalue weighted by molar-refractivity contribution is 0.102. The zero-order chi connectivity index (χ0) is 20.4. The first-order valence-corrected chi connectivity index (χ1v) is 9.80. The highest BCUT2D eigenvalue weighted by molar-refractivity contribution is 7.22. The number of rotatable bonds is 5. The number of hydrogen-bond acceptors (Lipinski definition) is 6. The Hall–Kier alpha value is -3.23. The van der Waals surface area contributed by atoms with Gasteiger partial charge in [0.05, 0.1) is 17.3 Å². The van der Waals surface area contributed by atoms with E-state index in [9.17, 15) is 9.59 Å². The van der Waals surface area contributed by atoms with Gasteiger partial charge in [0.1, 0.15) is 17.3 Å². The summed E-state index contributed by atoms with van der Waals surface area (Å²) in [6, 6.07) is 13.9. The van der Waals surface area contributed by atoms with Gasteiger partial charge in [-0.15, -0.1) is 0 Å². The van der Waals surface area contributed by atoms with Crippen LogP contribution < -0.4 is 15.6 Å². The van der Waals surface area contributed by atoms with E-state index < -0.39 is 11.5 Å². The van der Waals surface area contributed by atoms with Crippen LogP contribution in [0.1, 0.15) is 21.9 Å². The van der Waals surface area contributed by atoms with Gasteiger partial charge >= 0.3 is 0 Å². The van der Waals surface area contributed by atoms with Crippen molar-refractivity contribution < 1.29 is 9.53 Å². The van der Waals surface area contributed by atoms with Gasteiger partial charge in [-0.2, -0.15) is 0 Å². The van der Waals surface area contributed by atoms with E-state index in [1.54, 1.807) is 25.3 Å². The minimum atomic E-state index is -0.503. The molecule has 2 aromatic carbocycles. The van der Waals surface area contributed by atoms with E-state index in [0.29, 0.717) is 22.4 Å². The molecule has 0 spiro atoms. The predicted octanol–water partition coefficient (Wildman–Crippen LogP) is 3.88. The standard InChI is InChI=1S/C20H15ClN4O3S/c1-28-13-5-2-11(3-6-13)8-17-22-15(10-18(26)24-17)19(27)25-20-23-14-7-4-12(21)9-16(14)29-20/h2-7,9-10H,8H2,1H3,(H,22,24,26)(H,23,25,27). The van der Waals surface area contributed by atoms with Crippen molar-refractivity contribution in [1.29, 1.82) is 0 Å². The van der Waals surface area contributed by atoms with E-state index in [-0.39, 0.29) is 5.69 Å². The number of thiazole rings is 1. The molecule has 4 aromatic rings.